The van der Waals surface area contributed by atoms with E-state index < -0.39 is 23.9 Å². The second-order valence-electron chi connectivity index (χ2n) is 9.65. The molecule has 0 amide bonds. The molecule has 0 aliphatic carbocycles. The van der Waals surface area contributed by atoms with Gasteiger partial charge in [0.25, 0.3) is 0 Å². The van der Waals surface area contributed by atoms with Crippen molar-refractivity contribution in [2.75, 3.05) is 12.3 Å². The molecule has 1 saturated heterocycles. The van der Waals surface area contributed by atoms with Gasteiger partial charge in [-0.2, -0.15) is 5.26 Å². The summed E-state index contributed by atoms with van der Waals surface area (Å²) in [6.07, 6.45) is 1.25. The van der Waals surface area contributed by atoms with Gasteiger partial charge < -0.3 is 29.1 Å². The minimum absolute atomic E-state index is 0.0187. The van der Waals surface area contributed by atoms with Gasteiger partial charge in [-0.15, -0.1) is 6.58 Å². The van der Waals surface area contributed by atoms with Crippen LogP contribution in [-0.2, 0) is 38.8 Å². The summed E-state index contributed by atoms with van der Waals surface area (Å²) in [6, 6.07) is 31.7. The number of furan rings is 1. The molecule has 0 spiro atoms. The number of anilines is 1. The molecule has 1 aliphatic heterocycles. The molecule has 3 aromatic carbocycles. The van der Waals surface area contributed by atoms with Crippen LogP contribution in [0.2, 0.25) is 0 Å². The minimum Gasteiger partial charge on any atom is -0.451 e. The SMILES string of the molecule is C=CC1(OCc2ccccc2)C(c2coc(C#N)c2N)OC(COCc2ccccc2)C1OCc1ccccc1. The molecule has 2 N–H and O–H groups in total. The number of benzene rings is 3. The lowest BCUT2D eigenvalue weighted by Gasteiger charge is -2.36. The van der Waals surface area contributed by atoms with Gasteiger partial charge in [0.2, 0.25) is 5.76 Å². The summed E-state index contributed by atoms with van der Waals surface area (Å²) >= 11 is 0. The first kappa shape index (κ1) is 27.4. The van der Waals surface area contributed by atoms with E-state index in [1.54, 1.807) is 6.08 Å². The van der Waals surface area contributed by atoms with Gasteiger partial charge >= 0.3 is 0 Å². The van der Waals surface area contributed by atoms with Crippen molar-refractivity contribution in [1.29, 1.82) is 5.26 Å². The van der Waals surface area contributed by atoms with Crippen LogP contribution in [0.15, 0.2) is 114 Å². The topological polar surface area (TPSA) is 99.9 Å². The average molecular weight is 537 g/mol. The van der Waals surface area contributed by atoms with Crippen LogP contribution < -0.4 is 5.73 Å². The highest BCUT2D eigenvalue weighted by Crippen LogP contribution is 2.49. The van der Waals surface area contributed by atoms with Gasteiger partial charge in [0.1, 0.15) is 36.2 Å². The normalized spacial score (nSPS) is 22.1. The number of nitrogens with two attached hydrogens (primary N) is 1. The van der Waals surface area contributed by atoms with Crippen molar-refractivity contribution in [2.45, 2.75) is 43.7 Å². The van der Waals surface area contributed by atoms with Gasteiger partial charge in [0.05, 0.1) is 32.1 Å². The fourth-order valence-electron chi connectivity index (χ4n) is 4.99. The third-order valence-electron chi connectivity index (χ3n) is 7.06. The maximum absolute atomic E-state index is 9.49. The summed E-state index contributed by atoms with van der Waals surface area (Å²) in [5.74, 6) is 0.0187. The van der Waals surface area contributed by atoms with Crippen LogP contribution in [0.1, 0.15) is 34.1 Å². The molecule has 0 radical (unpaired) electrons. The van der Waals surface area contributed by atoms with E-state index in [0.717, 1.165) is 16.7 Å². The van der Waals surface area contributed by atoms with Crippen LogP contribution in [0.5, 0.6) is 0 Å². The Kier molecular flexibility index (Phi) is 8.74. The molecular formula is C33H32N2O5. The number of nitrogens with zero attached hydrogens (tertiary/aromatic N) is 1. The summed E-state index contributed by atoms with van der Waals surface area (Å²) in [4.78, 5) is 0. The van der Waals surface area contributed by atoms with E-state index in [1.807, 2.05) is 97.1 Å². The monoisotopic (exact) mass is 536 g/mol. The quantitative estimate of drug-likeness (QED) is 0.218. The zero-order valence-electron chi connectivity index (χ0n) is 22.1. The van der Waals surface area contributed by atoms with Crippen LogP contribution in [0, 0.1) is 11.3 Å². The summed E-state index contributed by atoms with van der Waals surface area (Å²) in [5.41, 5.74) is 8.92. The van der Waals surface area contributed by atoms with E-state index >= 15 is 0 Å². The van der Waals surface area contributed by atoms with Crippen molar-refractivity contribution >= 4 is 5.69 Å². The van der Waals surface area contributed by atoms with Gasteiger partial charge in [0, 0.05) is 5.56 Å². The molecular weight excluding hydrogens is 504 g/mol. The van der Waals surface area contributed by atoms with Crippen LogP contribution in [0.25, 0.3) is 0 Å². The standard InChI is InChI=1S/C33H32N2O5/c1-2-33(39-21-26-16-10-5-11-17-26)31(27-22-37-28(18-34)30(27)35)40-29(23-36-19-24-12-6-3-7-13-24)32(33)38-20-25-14-8-4-9-15-25/h2-17,22,29,31-32H,1,19-21,23,35H2. The molecule has 7 nitrogen and oxygen atoms in total. The average Bonchev–Trinajstić information content (AvgIpc) is 3.53. The van der Waals surface area contributed by atoms with E-state index in [4.69, 9.17) is 29.1 Å². The Bertz CT molecular complexity index is 1420. The maximum atomic E-state index is 9.49. The van der Waals surface area contributed by atoms with Crippen LogP contribution in [0.3, 0.4) is 0 Å². The molecule has 1 aliphatic rings. The lowest BCUT2D eigenvalue weighted by molar-refractivity contribution is -0.130. The zero-order chi connectivity index (χ0) is 27.8. The first-order chi connectivity index (χ1) is 19.6. The number of hydrogen-bond donors (Lipinski definition) is 1. The molecule has 4 aromatic rings. The predicted octanol–water partition coefficient (Wildman–Crippen LogP) is 6.12. The largest absolute Gasteiger partial charge is 0.451 e. The van der Waals surface area contributed by atoms with Crippen molar-refractivity contribution < 1.29 is 23.4 Å². The number of ether oxygens (including phenoxy) is 4. The second-order valence-corrected chi connectivity index (χ2v) is 9.65. The first-order valence-electron chi connectivity index (χ1n) is 13.2. The fourth-order valence-corrected chi connectivity index (χ4v) is 4.99. The zero-order valence-corrected chi connectivity index (χ0v) is 22.1. The van der Waals surface area contributed by atoms with Crippen LogP contribution in [-0.4, -0.2) is 24.4 Å². The smallest absolute Gasteiger partial charge is 0.226 e. The van der Waals surface area contributed by atoms with Gasteiger partial charge in [0.15, 0.2) is 0 Å². The highest BCUT2D eigenvalue weighted by atomic mass is 16.6. The molecule has 7 heteroatoms. The van der Waals surface area contributed by atoms with Crippen molar-refractivity contribution in [3.8, 4) is 6.07 Å². The van der Waals surface area contributed by atoms with E-state index in [0.29, 0.717) is 18.8 Å². The summed E-state index contributed by atoms with van der Waals surface area (Å²) in [6.45, 7) is 5.41. The van der Waals surface area contributed by atoms with Crippen LogP contribution in [0.4, 0.5) is 5.69 Å². The Morgan fingerprint density at radius 2 is 1.45 bits per heavy atom. The Hall–Kier alpha value is -4.19. The molecule has 0 saturated carbocycles. The third-order valence-corrected chi connectivity index (χ3v) is 7.06. The molecule has 5 rings (SSSR count). The van der Waals surface area contributed by atoms with Gasteiger partial charge in [-0.1, -0.05) is 97.1 Å². The highest BCUT2D eigenvalue weighted by molar-refractivity contribution is 5.57. The maximum Gasteiger partial charge on any atom is 0.226 e. The Labute approximate surface area is 234 Å². The number of nitrogen functional groups attached to an aromatic ring is 1. The summed E-state index contributed by atoms with van der Waals surface area (Å²) < 4.78 is 31.5. The predicted molar refractivity (Wildman–Crippen MR) is 151 cm³/mol. The van der Waals surface area contributed by atoms with Gasteiger partial charge in [-0.05, 0) is 16.7 Å². The number of rotatable bonds is 12. The molecule has 1 aromatic heterocycles. The van der Waals surface area contributed by atoms with Crippen molar-refractivity contribution in [3.63, 3.8) is 0 Å². The van der Waals surface area contributed by atoms with E-state index in [1.165, 1.54) is 6.26 Å². The molecule has 40 heavy (non-hydrogen) atoms. The second kappa shape index (κ2) is 12.8. The Morgan fingerprint density at radius 3 is 2.00 bits per heavy atom. The number of nitriles is 1. The highest BCUT2D eigenvalue weighted by Gasteiger charge is 2.58. The summed E-state index contributed by atoms with van der Waals surface area (Å²) in [7, 11) is 0. The van der Waals surface area contributed by atoms with E-state index in [9.17, 15) is 5.26 Å². The van der Waals surface area contributed by atoms with E-state index in [-0.39, 0.29) is 24.7 Å². The molecule has 1 fully saturated rings. The molecule has 2 heterocycles. The lowest BCUT2D eigenvalue weighted by atomic mass is 9.86. The first-order valence-corrected chi connectivity index (χ1v) is 13.2. The Morgan fingerprint density at radius 1 is 0.875 bits per heavy atom. The van der Waals surface area contributed by atoms with Crippen LogP contribution >= 0.6 is 0 Å². The molecule has 204 valence electrons. The van der Waals surface area contributed by atoms with Crippen molar-refractivity contribution in [1.82, 2.24) is 0 Å². The van der Waals surface area contributed by atoms with E-state index in [2.05, 4.69) is 6.58 Å². The number of hydrogen-bond acceptors (Lipinski definition) is 7. The minimum atomic E-state index is -1.17. The third kappa shape index (κ3) is 5.86. The fraction of sp³-hybridized carbons (Fsp3) is 0.242. The van der Waals surface area contributed by atoms with Crippen molar-refractivity contribution in [2.24, 2.45) is 0 Å². The molecule has 0 bridgehead atoms. The van der Waals surface area contributed by atoms with Gasteiger partial charge in [-0.25, -0.2) is 0 Å². The van der Waals surface area contributed by atoms with Gasteiger partial charge in [-0.3, -0.25) is 0 Å². The van der Waals surface area contributed by atoms with Crippen molar-refractivity contribution in [3.05, 3.63) is 138 Å². The molecule has 4 atom stereocenters. The summed E-state index contributed by atoms with van der Waals surface area (Å²) in [5, 5.41) is 9.49. The molecule has 4 unspecified atom stereocenters. The lowest BCUT2D eigenvalue weighted by Crippen LogP contribution is -2.48. The Balaban J connectivity index is 1.49.